The van der Waals surface area contributed by atoms with Gasteiger partial charge in [-0.25, -0.2) is 0 Å². The molecule has 0 atom stereocenters. The van der Waals surface area contributed by atoms with Crippen molar-refractivity contribution in [2.45, 2.75) is 46.3 Å². The van der Waals surface area contributed by atoms with Gasteiger partial charge in [0.15, 0.2) is 0 Å². The third-order valence-corrected chi connectivity index (χ3v) is 3.06. The summed E-state index contributed by atoms with van der Waals surface area (Å²) in [4.78, 5) is 0. The van der Waals surface area contributed by atoms with Gasteiger partial charge in [0.05, 0.1) is 6.54 Å². The van der Waals surface area contributed by atoms with Gasteiger partial charge in [0.1, 0.15) is 0 Å². The van der Waals surface area contributed by atoms with E-state index in [4.69, 9.17) is 4.42 Å². The van der Waals surface area contributed by atoms with Gasteiger partial charge in [-0.2, -0.15) is 0 Å². The van der Waals surface area contributed by atoms with Gasteiger partial charge in [0.25, 0.3) is 0 Å². The highest BCUT2D eigenvalue weighted by molar-refractivity contribution is 5.30. The molecule has 0 spiro atoms. The normalized spacial score (nSPS) is 11.0. The van der Waals surface area contributed by atoms with Crippen LogP contribution in [0, 0.1) is 0 Å². The SMILES string of the molecule is CCc1ccccc1CNc1nnc(CNC(C)C)o1. The van der Waals surface area contributed by atoms with Crippen LogP contribution in [0.25, 0.3) is 0 Å². The monoisotopic (exact) mass is 274 g/mol. The number of aromatic nitrogens is 2. The number of aryl methyl sites for hydroxylation is 1. The van der Waals surface area contributed by atoms with Crippen LogP contribution >= 0.6 is 0 Å². The van der Waals surface area contributed by atoms with Gasteiger partial charge in [-0.15, -0.1) is 5.10 Å². The zero-order valence-electron chi connectivity index (χ0n) is 12.3. The van der Waals surface area contributed by atoms with Crippen molar-refractivity contribution in [2.75, 3.05) is 5.32 Å². The van der Waals surface area contributed by atoms with Crippen molar-refractivity contribution >= 4 is 6.01 Å². The molecule has 0 fully saturated rings. The number of anilines is 1. The molecule has 20 heavy (non-hydrogen) atoms. The van der Waals surface area contributed by atoms with E-state index in [1.807, 2.05) is 6.07 Å². The van der Waals surface area contributed by atoms with E-state index in [0.717, 1.165) is 6.42 Å². The second kappa shape index (κ2) is 7.05. The van der Waals surface area contributed by atoms with Crippen LogP contribution in [0.15, 0.2) is 28.7 Å². The molecular weight excluding hydrogens is 252 g/mol. The van der Waals surface area contributed by atoms with E-state index in [9.17, 15) is 0 Å². The van der Waals surface area contributed by atoms with E-state index in [-0.39, 0.29) is 0 Å². The molecule has 0 amide bonds. The second-order valence-electron chi connectivity index (χ2n) is 5.01. The van der Waals surface area contributed by atoms with Crippen LogP contribution in [0.5, 0.6) is 0 Å². The molecule has 1 aromatic heterocycles. The molecule has 5 nitrogen and oxygen atoms in total. The Hall–Kier alpha value is -1.88. The number of hydrogen-bond donors (Lipinski definition) is 2. The maximum Gasteiger partial charge on any atom is 0.315 e. The smallest absolute Gasteiger partial charge is 0.315 e. The summed E-state index contributed by atoms with van der Waals surface area (Å²) in [5, 5.41) is 14.4. The number of rotatable bonds is 7. The number of benzene rings is 1. The predicted molar refractivity (Wildman–Crippen MR) is 79.4 cm³/mol. The van der Waals surface area contributed by atoms with Crippen molar-refractivity contribution in [1.82, 2.24) is 15.5 Å². The van der Waals surface area contributed by atoms with Crippen LogP contribution in [0.2, 0.25) is 0 Å². The molecule has 1 aromatic carbocycles. The Bertz CT molecular complexity index is 536. The Morgan fingerprint density at radius 3 is 2.55 bits per heavy atom. The lowest BCUT2D eigenvalue weighted by Gasteiger charge is -2.07. The molecule has 0 aliphatic carbocycles. The zero-order chi connectivity index (χ0) is 14.4. The minimum atomic E-state index is 0.398. The summed E-state index contributed by atoms with van der Waals surface area (Å²) in [5.41, 5.74) is 2.59. The zero-order valence-corrected chi connectivity index (χ0v) is 12.3. The highest BCUT2D eigenvalue weighted by atomic mass is 16.4. The first kappa shape index (κ1) is 14.5. The van der Waals surface area contributed by atoms with Crippen molar-refractivity contribution in [1.29, 1.82) is 0 Å². The Kier molecular flexibility index (Phi) is 5.12. The lowest BCUT2D eigenvalue weighted by atomic mass is 10.1. The fraction of sp³-hybridized carbons (Fsp3) is 0.467. The van der Waals surface area contributed by atoms with Crippen molar-refractivity contribution in [3.8, 4) is 0 Å². The molecular formula is C15H22N4O. The van der Waals surface area contributed by atoms with Crippen LogP contribution in [0.4, 0.5) is 6.01 Å². The lowest BCUT2D eigenvalue weighted by molar-refractivity contribution is 0.458. The number of nitrogens with one attached hydrogen (secondary N) is 2. The maximum atomic E-state index is 5.53. The molecule has 0 aliphatic heterocycles. The van der Waals surface area contributed by atoms with Gasteiger partial charge in [0.2, 0.25) is 5.89 Å². The molecule has 0 aliphatic rings. The Balaban J connectivity index is 1.91. The largest absolute Gasteiger partial charge is 0.407 e. The van der Waals surface area contributed by atoms with Crippen LogP contribution in [0.3, 0.4) is 0 Å². The molecule has 1 heterocycles. The average Bonchev–Trinajstić information content (AvgIpc) is 2.91. The van der Waals surface area contributed by atoms with Crippen LogP contribution in [-0.2, 0) is 19.5 Å². The predicted octanol–water partition coefficient (Wildman–Crippen LogP) is 2.74. The topological polar surface area (TPSA) is 63.0 Å². The van der Waals surface area contributed by atoms with Crippen molar-refractivity contribution in [3.05, 3.63) is 41.3 Å². The Morgan fingerprint density at radius 1 is 1.10 bits per heavy atom. The van der Waals surface area contributed by atoms with Crippen molar-refractivity contribution in [2.24, 2.45) is 0 Å². The summed E-state index contributed by atoms with van der Waals surface area (Å²) < 4.78 is 5.53. The second-order valence-corrected chi connectivity index (χ2v) is 5.01. The van der Waals surface area contributed by atoms with E-state index in [1.165, 1.54) is 11.1 Å². The molecule has 0 bridgehead atoms. The highest BCUT2D eigenvalue weighted by Gasteiger charge is 2.07. The highest BCUT2D eigenvalue weighted by Crippen LogP contribution is 2.12. The molecule has 0 saturated carbocycles. The first-order chi connectivity index (χ1) is 9.69. The summed E-state index contributed by atoms with van der Waals surface area (Å²) in [6, 6.07) is 9.23. The summed E-state index contributed by atoms with van der Waals surface area (Å²) in [7, 11) is 0. The summed E-state index contributed by atoms with van der Waals surface area (Å²) in [6.45, 7) is 7.61. The summed E-state index contributed by atoms with van der Waals surface area (Å²) in [6.07, 6.45) is 1.02. The first-order valence-corrected chi connectivity index (χ1v) is 7.05. The number of nitrogens with zero attached hydrogens (tertiary/aromatic N) is 2. The van der Waals surface area contributed by atoms with Gasteiger partial charge in [-0.05, 0) is 17.5 Å². The molecule has 2 N–H and O–H groups in total. The van der Waals surface area contributed by atoms with Crippen LogP contribution in [0.1, 0.15) is 37.8 Å². The molecule has 2 rings (SSSR count). The number of hydrogen-bond acceptors (Lipinski definition) is 5. The molecule has 5 heteroatoms. The third-order valence-electron chi connectivity index (χ3n) is 3.06. The van der Waals surface area contributed by atoms with E-state index in [2.05, 4.69) is 59.8 Å². The third kappa shape index (κ3) is 4.06. The fourth-order valence-electron chi connectivity index (χ4n) is 1.93. The van der Waals surface area contributed by atoms with Crippen LogP contribution in [-0.4, -0.2) is 16.2 Å². The van der Waals surface area contributed by atoms with Crippen molar-refractivity contribution in [3.63, 3.8) is 0 Å². The summed E-state index contributed by atoms with van der Waals surface area (Å²) >= 11 is 0. The minimum absolute atomic E-state index is 0.398. The molecule has 0 unspecified atom stereocenters. The van der Waals surface area contributed by atoms with Crippen molar-refractivity contribution < 1.29 is 4.42 Å². The lowest BCUT2D eigenvalue weighted by Crippen LogP contribution is -2.21. The molecule has 108 valence electrons. The van der Waals surface area contributed by atoms with E-state index >= 15 is 0 Å². The quantitative estimate of drug-likeness (QED) is 0.813. The first-order valence-electron chi connectivity index (χ1n) is 7.05. The van der Waals surface area contributed by atoms with E-state index < -0.39 is 0 Å². The molecule has 2 aromatic rings. The van der Waals surface area contributed by atoms with E-state index in [1.54, 1.807) is 0 Å². The average molecular weight is 274 g/mol. The van der Waals surface area contributed by atoms with Gasteiger partial charge in [0, 0.05) is 12.6 Å². The molecule has 0 saturated heterocycles. The minimum Gasteiger partial charge on any atom is -0.407 e. The maximum absolute atomic E-state index is 5.53. The van der Waals surface area contributed by atoms with Gasteiger partial charge >= 0.3 is 6.01 Å². The molecule has 0 radical (unpaired) electrons. The van der Waals surface area contributed by atoms with Gasteiger partial charge in [-0.3, -0.25) is 0 Å². The fourth-order valence-corrected chi connectivity index (χ4v) is 1.93. The Morgan fingerprint density at radius 2 is 1.85 bits per heavy atom. The Labute approximate surface area is 119 Å². The van der Waals surface area contributed by atoms with E-state index in [0.29, 0.717) is 31.0 Å². The van der Waals surface area contributed by atoms with Gasteiger partial charge in [-0.1, -0.05) is 50.1 Å². The van der Waals surface area contributed by atoms with Crippen LogP contribution < -0.4 is 10.6 Å². The summed E-state index contributed by atoms with van der Waals surface area (Å²) in [5.74, 6) is 0.602. The standard InChI is InChI=1S/C15H22N4O/c1-4-12-7-5-6-8-13(12)9-17-15-19-18-14(20-15)10-16-11(2)3/h5-8,11,16H,4,9-10H2,1-3H3,(H,17,19). The van der Waals surface area contributed by atoms with Gasteiger partial charge < -0.3 is 15.1 Å².